The summed E-state index contributed by atoms with van der Waals surface area (Å²) in [6.45, 7) is 6.27. The maximum Gasteiger partial charge on any atom is 0.186 e. The van der Waals surface area contributed by atoms with Gasteiger partial charge in [-0.25, -0.2) is 0 Å². The molecule has 0 aromatic heterocycles. The number of ether oxygens (including phenoxy) is 6. The van der Waals surface area contributed by atoms with Crippen molar-refractivity contribution in [1.29, 1.82) is 0 Å². The Hall–Kier alpha value is -0.680. The summed E-state index contributed by atoms with van der Waals surface area (Å²) in [5.41, 5.74) is 0.0303. The third kappa shape index (κ3) is 7.85. The van der Waals surface area contributed by atoms with Gasteiger partial charge >= 0.3 is 0 Å². The van der Waals surface area contributed by atoms with Gasteiger partial charge in [0.05, 0.1) is 44.2 Å². The average molecular weight is 886 g/mol. The van der Waals surface area contributed by atoms with Gasteiger partial charge in [0.15, 0.2) is 12.6 Å². The lowest BCUT2D eigenvalue weighted by atomic mass is 9.46. The van der Waals surface area contributed by atoms with E-state index < -0.39 is 112 Å². The molecule has 5 aliphatic heterocycles. The first-order valence-corrected chi connectivity index (χ1v) is 23.9. The van der Waals surface area contributed by atoms with E-state index in [-0.39, 0.29) is 23.7 Å². The summed E-state index contributed by atoms with van der Waals surface area (Å²) in [4.78, 5) is 0. The van der Waals surface area contributed by atoms with Crippen molar-refractivity contribution in [3.8, 4) is 0 Å². The van der Waals surface area contributed by atoms with E-state index in [0.29, 0.717) is 47.5 Å². The van der Waals surface area contributed by atoms with E-state index in [2.05, 4.69) is 26.1 Å². The third-order valence-corrected chi connectivity index (χ3v) is 18.4. The van der Waals surface area contributed by atoms with Crippen LogP contribution in [0.2, 0.25) is 0 Å². The van der Waals surface area contributed by atoms with Crippen molar-refractivity contribution in [3.05, 3.63) is 0 Å². The highest BCUT2D eigenvalue weighted by Gasteiger charge is 2.65. The van der Waals surface area contributed by atoms with Gasteiger partial charge in [0, 0.05) is 18.4 Å². The van der Waals surface area contributed by atoms with Gasteiger partial charge in [0.1, 0.15) is 66.8 Å². The standard InChI is InChI=1S/C45H75NO16/c1-19-8-11-45(46-15-19)20(2)33-24-6-7-27-23(25(24)13-28(33)62-45)5-4-21-12-22(9-10-44(21,27)3)57-43-40(56)39(55)41(32(18-49)60-43)61-42-26(34(50)36(52)31(17-48)59-42)14-29-35(51)38(54)37(53)30(16-47)58-29/h19-43,46-56H,4-18H2,1-3H3/t19-,20-,21-,22-,23-,24?,25-,26+,27-,28-,29-,30+,31+,32+,33+,34+,35-,36+,37+,38+,39+,40+,41-,42+,43+,44-,45-/m0/s1. The van der Waals surface area contributed by atoms with Crippen LogP contribution in [0, 0.1) is 58.7 Å². The molecule has 9 fully saturated rings. The van der Waals surface area contributed by atoms with Crippen LogP contribution < -0.4 is 5.32 Å². The average Bonchev–Trinajstić information content (AvgIpc) is 3.76. The number of hydrogen-bond donors (Lipinski definition) is 11. The molecule has 0 amide bonds. The van der Waals surface area contributed by atoms with Crippen LogP contribution in [0.4, 0.5) is 0 Å². The summed E-state index contributed by atoms with van der Waals surface area (Å²) in [5, 5.41) is 110. The lowest BCUT2D eigenvalue weighted by molar-refractivity contribution is -0.361. The number of nitrogens with one attached hydrogen (secondary N) is 1. The lowest BCUT2D eigenvalue weighted by Crippen LogP contribution is -2.65. The minimum atomic E-state index is -1.70. The van der Waals surface area contributed by atoms with Crippen LogP contribution >= 0.6 is 0 Å². The second-order valence-corrected chi connectivity index (χ2v) is 21.4. The maximum atomic E-state index is 11.6. The van der Waals surface area contributed by atoms with Crippen molar-refractivity contribution in [2.24, 2.45) is 58.7 Å². The fourth-order valence-electron chi connectivity index (χ4n) is 14.8. The molecule has 17 heteroatoms. The minimum Gasteiger partial charge on any atom is -0.394 e. The number of hydrogen-bond acceptors (Lipinski definition) is 17. The number of piperidine rings is 1. The zero-order valence-electron chi connectivity index (χ0n) is 36.5. The van der Waals surface area contributed by atoms with E-state index in [1.165, 1.54) is 32.1 Å². The van der Waals surface area contributed by atoms with Crippen molar-refractivity contribution in [2.45, 2.75) is 195 Å². The Kier molecular flexibility index (Phi) is 13.5. The topological polar surface area (TPSA) is 270 Å². The second kappa shape index (κ2) is 18.1. The number of fused-ring (bicyclic) bond motifs is 7. The minimum absolute atomic E-state index is 0.145. The normalized spacial score (nSPS) is 57.7. The molecule has 0 aromatic carbocycles. The van der Waals surface area contributed by atoms with E-state index >= 15 is 0 Å². The highest BCUT2D eigenvalue weighted by molar-refractivity contribution is 5.12. The van der Waals surface area contributed by atoms with Crippen molar-refractivity contribution < 1.29 is 79.5 Å². The zero-order valence-corrected chi connectivity index (χ0v) is 36.5. The monoisotopic (exact) mass is 886 g/mol. The molecule has 5 saturated heterocycles. The Labute approximate surface area is 364 Å². The van der Waals surface area contributed by atoms with Gasteiger partial charge in [-0.3, -0.25) is 5.32 Å². The lowest BCUT2D eigenvalue weighted by Gasteiger charge is -2.59. The Morgan fingerprint density at radius 2 is 1.29 bits per heavy atom. The van der Waals surface area contributed by atoms with Gasteiger partial charge in [-0.05, 0) is 117 Å². The molecule has 27 atom stereocenters. The number of aliphatic hydroxyl groups is 10. The molecular formula is C45H75NO16. The second-order valence-electron chi connectivity index (χ2n) is 21.4. The first-order valence-electron chi connectivity index (χ1n) is 23.9. The predicted molar refractivity (Wildman–Crippen MR) is 216 cm³/mol. The van der Waals surface area contributed by atoms with Gasteiger partial charge in [0.25, 0.3) is 0 Å². The van der Waals surface area contributed by atoms with Crippen molar-refractivity contribution in [2.75, 3.05) is 26.4 Å². The summed E-state index contributed by atoms with van der Waals surface area (Å²) in [5.74, 6) is 3.85. The Morgan fingerprint density at radius 3 is 2.00 bits per heavy atom. The molecule has 11 N–H and O–H groups in total. The van der Waals surface area contributed by atoms with E-state index in [0.717, 1.165) is 44.6 Å². The van der Waals surface area contributed by atoms with Crippen LogP contribution in [0.3, 0.4) is 0 Å². The van der Waals surface area contributed by atoms with Crippen molar-refractivity contribution in [1.82, 2.24) is 5.32 Å². The SMILES string of the molecule is C[C@H]1CC[C@]2(NC1)O[C@H]1C[C@@H]3C(CC[C@H]4[C@H]3CC[C@H]3C[C@@H](O[C@@H]5O[C@H](CO)[C@H](O[C@H]6O[C@H](CO)[C@@H](O)[C@H](O)[C@H]6C[C@@H]6O[C@H](CO)[C@@H](O)[C@H](O)[C@H]6O)[C@H](O)[C@H]5O)CC[C@@]34C)[C@H]1[C@@H]2C. The van der Waals surface area contributed by atoms with Crippen molar-refractivity contribution in [3.63, 3.8) is 0 Å². The molecule has 17 nitrogen and oxygen atoms in total. The molecule has 1 spiro atoms. The molecule has 0 aromatic rings. The first-order chi connectivity index (χ1) is 29.6. The molecule has 9 aliphatic rings. The van der Waals surface area contributed by atoms with Crippen LogP contribution in [0.15, 0.2) is 0 Å². The molecule has 5 heterocycles. The molecular weight excluding hydrogens is 810 g/mol. The smallest absolute Gasteiger partial charge is 0.186 e. The first kappa shape index (κ1) is 46.4. The predicted octanol–water partition coefficient (Wildman–Crippen LogP) is -0.887. The Balaban J connectivity index is 0.825. The molecule has 0 bridgehead atoms. The Morgan fingerprint density at radius 1 is 0.613 bits per heavy atom. The highest BCUT2D eigenvalue weighted by atomic mass is 16.7. The van der Waals surface area contributed by atoms with Gasteiger partial charge < -0.3 is 79.5 Å². The summed E-state index contributed by atoms with van der Waals surface area (Å²) >= 11 is 0. The zero-order chi connectivity index (χ0) is 44.0. The van der Waals surface area contributed by atoms with Gasteiger partial charge in [-0.1, -0.05) is 20.8 Å². The highest BCUT2D eigenvalue weighted by Crippen LogP contribution is 2.67. The summed E-state index contributed by atoms with van der Waals surface area (Å²) in [6, 6.07) is 0. The van der Waals surface area contributed by atoms with E-state index in [1.54, 1.807) is 0 Å². The molecule has 4 aliphatic carbocycles. The maximum absolute atomic E-state index is 11.6. The summed E-state index contributed by atoms with van der Waals surface area (Å²) in [7, 11) is 0. The number of aliphatic hydroxyl groups excluding tert-OH is 10. The van der Waals surface area contributed by atoms with Crippen molar-refractivity contribution >= 4 is 0 Å². The van der Waals surface area contributed by atoms with Crippen LogP contribution in [0.25, 0.3) is 0 Å². The molecule has 9 rings (SSSR count). The van der Waals surface area contributed by atoms with Gasteiger partial charge in [-0.15, -0.1) is 0 Å². The Bertz CT molecular complexity index is 1520. The van der Waals surface area contributed by atoms with E-state index in [9.17, 15) is 51.1 Å². The van der Waals surface area contributed by atoms with Gasteiger partial charge in [-0.2, -0.15) is 0 Å². The molecule has 4 saturated carbocycles. The fourth-order valence-corrected chi connectivity index (χ4v) is 14.8. The fraction of sp³-hybridized carbons (Fsp3) is 1.00. The van der Waals surface area contributed by atoms with Crippen LogP contribution in [0.1, 0.15) is 91.4 Å². The largest absolute Gasteiger partial charge is 0.394 e. The molecule has 0 radical (unpaired) electrons. The summed E-state index contributed by atoms with van der Waals surface area (Å²) in [6.07, 6.45) is -10.1. The molecule has 1 unspecified atom stereocenters. The molecule has 62 heavy (non-hydrogen) atoms. The quantitative estimate of drug-likeness (QED) is 0.126. The van der Waals surface area contributed by atoms with Crippen LogP contribution in [-0.2, 0) is 28.4 Å². The van der Waals surface area contributed by atoms with E-state index in [4.69, 9.17) is 28.4 Å². The number of rotatable bonds is 9. The summed E-state index contributed by atoms with van der Waals surface area (Å²) < 4.78 is 37.3. The van der Waals surface area contributed by atoms with Gasteiger partial charge in [0.2, 0.25) is 0 Å². The van der Waals surface area contributed by atoms with Crippen LogP contribution in [-0.4, -0.2) is 181 Å². The van der Waals surface area contributed by atoms with Crippen LogP contribution in [0.5, 0.6) is 0 Å². The molecule has 356 valence electrons. The van der Waals surface area contributed by atoms with E-state index in [1.807, 2.05) is 0 Å². The third-order valence-electron chi connectivity index (χ3n) is 18.4.